The molecule has 5 nitrogen and oxygen atoms in total. The number of nitriles is 1. The molecule has 1 N–H and O–H groups in total. The van der Waals surface area contributed by atoms with Crippen LogP contribution in [0.4, 0.5) is 0 Å². The first-order valence-electron chi connectivity index (χ1n) is 8.02. The smallest absolute Gasteiger partial charge is 0.262 e. The lowest BCUT2D eigenvalue weighted by Gasteiger charge is -2.13. The fraction of sp³-hybridized carbons (Fsp3) is 0.444. The quantitative estimate of drug-likeness (QED) is 0.589. The van der Waals surface area contributed by atoms with Crippen molar-refractivity contribution in [2.75, 3.05) is 13.7 Å². The van der Waals surface area contributed by atoms with E-state index in [4.69, 9.17) is 9.47 Å². The number of carbonyl (C=O) groups excluding carboxylic acids is 1. The summed E-state index contributed by atoms with van der Waals surface area (Å²) in [5.41, 5.74) is 0.771. The predicted octanol–water partition coefficient (Wildman–Crippen LogP) is 3.82. The van der Waals surface area contributed by atoms with Gasteiger partial charge in [0, 0.05) is 10.5 Å². The number of rotatable bonds is 6. The lowest BCUT2D eigenvalue weighted by Crippen LogP contribution is -2.33. The Hall–Kier alpha value is -2.00. The number of benzene rings is 1. The van der Waals surface area contributed by atoms with Crippen LogP contribution in [0, 0.1) is 11.3 Å². The van der Waals surface area contributed by atoms with Crippen molar-refractivity contribution < 1.29 is 14.3 Å². The molecule has 1 aromatic rings. The minimum Gasteiger partial charge on any atom is -0.493 e. The fourth-order valence-corrected chi connectivity index (χ4v) is 3.16. The summed E-state index contributed by atoms with van der Waals surface area (Å²) in [5.74, 6) is 0.836. The van der Waals surface area contributed by atoms with Crippen molar-refractivity contribution in [2.24, 2.45) is 0 Å². The van der Waals surface area contributed by atoms with Crippen LogP contribution in [0.3, 0.4) is 0 Å². The average molecular weight is 393 g/mol. The Labute approximate surface area is 150 Å². The van der Waals surface area contributed by atoms with E-state index in [1.807, 2.05) is 13.0 Å². The molecular formula is C18H21BrN2O3. The van der Waals surface area contributed by atoms with E-state index in [9.17, 15) is 10.1 Å². The first-order chi connectivity index (χ1) is 11.6. The van der Waals surface area contributed by atoms with Crippen molar-refractivity contribution in [3.63, 3.8) is 0 Å². The largest absolute Gasteiger partial charge is 0.493 e. The Kier molecular flexibility index (Phi) is 6.68. The molecule has 0 atom stereocenters. The van der Waals surface area contributed by atoms with Gasteiger partial charge in [-0.3, -0.25) is 4.79 Å². The molecule has 24 heavy (non-hydrogen) atoms. The van der Waals surface area contributed by atoms with E-state index in [2.05, 4.69) is 21.2 Å². The van der Waals surface area contributed by atoms with Crippen molar-refractivity contribution in [1.82, 2.24) is 5.32 Å². The van der Waals surface area contributed by atoms with Crippen LogP contribution in [0.2, 0.25) is 0 Å². The maximum atomic E-state index is 12.3. The van der Waals surface area contributed by atoms with E-state index in [1.54, 1.807) is 25.3 Å². The Balaban J connectivity index is 2.27. The Morgan fingerprint density at radius 2 is 2.12 bits per heavy atom. The van der Waals surface area contributed by atoms with E-state index >= 15 is 0 Å². The zero-order valence-electron chi connectivity index (χ0n) is 13.9. The molecule has 0 bridgehead atoms. The van der Waals surface area contributed by atoms with E-state index < -0.39 is 0 Å². The van der Waals surface area contributed by atoms with Gasteiger partial charge in [-0.2, -0.15) is 5.26 Å². The fourth-order valence-electron chi connectivity index (χ4n) is 2.73. The number of halogens is 1. The zero-order valence-corrected chi connectivity index (χ0v) is 15.5. The number of amides is 1. The maximum absolute atomic E-state index is 12.3. The summed E-state index contributed by atoms with van der Waals surface area (Å²) in [4.78, 5) is 12.3. The van der Waals surface area contributed by atoms with Crippen LogP contribution >= 0.6 is 15.9 Å². The number of nitrogens with one attached hydrogen (secondary N) is 1. The molecule has 1 aliphatic carbocycles. The highest BCUT2D eigenvalue weighted by Crippen LogP contribution is 2.34. The second-order valence-electron chi connectivity index (χ2n) is 5.58. The topological polar surface area (TPSA) is 71.3 Å². The molecule has 0 aromatic heterocycles. The molecular weight excluding hydrogens is 372 g/mol. The van der Waals surface area contributed by atoms with Crippen LogP contribution in [0.1, 0.15) is 38.2 Å². The molecule has 1 fully saturated rings. The molecule has 1 aromatic carbocycles. The van der Waals surface area contributed by atoms with Crippen LogP contribution in [0.15, 0.2) is 22.2 Å². The highest BCUT2D eigenvalue weighted by Gasteiger charge is 2.19. The summed E-state index contributed by atoms with van der Waals surface area (Å²) in [6.45, 7) is 2.38. The van der Waals surface area contributed by atoms with E-state index in [1.165, 1.54) is 0 Å². The molecule has 0 aliphatic heterocycles. The molecule has 2 rings (SSSR count). The van der Waals surface area contributed by atoms with Gasteiger partial charge in [0.1, 0.15) is 11.6 Å². The lowest BCUT2D eigenvalue weighted by atomic mass is 10.1. The minimum atomic E-state index is -0.329. The Morgan fingerprint density at radius 3 is 2.71 bits per heavy atom. The van der Waals surface area contributed by atoms with Gasteiger partial charge in [-0.15, -0.1) is 0 Å². The SMILES string of the molecule is CCOc1cc(/C=C(/C#N)C(=O)NC2CCCC2)c(Br)cc1OC. The Morgan fingerprint density at radius 1 is 1.42 bits per heavy atom. The molecule has 1 saturated carbocycles. The highest BCUT2D eigenvalue weighted by molar-refractivity contribution is 9.10. The second-order valence-corrected chi connectivity index (χ2v) is 6.44. The van der Waals surface area contributed by atoms with Crippen LogP contribution in [0.25, 0.3) is 6.08 Å². The zero-order chi connectivity index (χ0) is 17.5. The number of ether oxygens (including phenoxy) is 2. The van der Waals surface area contributed by atoms with Gasteiger partial charge in [0.15, 0.2) is 11.5 Å². The number of carbonyl (C=O) groups is 1. The van der Waals surface area contributed by atoms with Crippen LogP contribution in [-0.4, -0.2) is 25.7 Å². The summed E-state index contributed by atoms with van der Waals surface area (Å²) in [5, 5.41) is 12.3. The van der Waals surface area contributed by atoms with E-state index in [0.29, 0.717) is 23.7 Å². The van der Waals surface area contributed by atoms with Crippen LogP contribution in [-0.2, 0) is 4.79 Å². The molecule has 128 valence electrons. The number of nitrogens with zero attached hydrogens (tertiary/aromatic N) is 1. The van der Waals surface area contributed by atoms with Crippen molar-refractivity contribution in [1.29, 1.82) is 5.26 Å². The second kappa shape index (κ2) is 8.74. The van der Waals surface area contributed by atoms with Gasteiger partial charge in [0.25, 0.3) is 5.91 Å². The van der Waals surface area contributed by atoms with Crippen LogP contribution < -0.4 is 14.8 Å². The van der Waals surface area contributed by atoms with Crippen molar-refractivity contribution in [3.8, 4) is 17.6 Å². The molecule has 6 heteroatoms. The van der Waals surface area contributed by atoms with Gasteiger partial charge >= 0.3 is 0 Å². The van der Waals surface area contributed by atoms with Gasteiger partial charge in [0.05, 0.1) is 13.7 Å². The molecule has 1 amide bonds. The average Bonchev–Trinajstić information content (AvgIpc) is 3.07. The lowest BCUT2D eigenvalue weighted by molar-refractivity contribution is -0.117. The molecule has 0 radical (unpaired) electrons. The van der Waals surface area contributed by atoms with Gasteiger partial charge in [-0.1, -0.05) is 28.8 Å². The summed E-state index contributed by atoms with van der Waals surface area (Å²) in [7, 11) is 1.57. The standard InChI is InChI=1S/C18H21BrN2O3/c1-3-24-17-9-12(15(19)10-16(17)23-2)8-13(11-20)18(22)21-14-6-4-5-7-14/h8-10,14H,3-7H2,1-2H3,(H,21,22)/b13-8-. The number of methoxy groups -OCH3 is 1. The third kappa shape index (κ3) is 4.51. The first kappa shape index (κ1) is 18.3. The summed E-state index contributed by atoms with van der Waals surface area (Å²) < 4.78 is 11.6. The van der Waals surface area contributed by atoms with E-state index in [0.717, 1.165) is 30.2 Å². The molecule has 0 spiro atoms. The van der Waals surface area contributed by atoms with Crippen molar-refractivity contribution in [3.05, 3.63) is 27.7 Å². The maximum Gasteiger partial charge on any atom is 0.262 e. The van der Waals surface area contributed by atoms with Gasteiger partial charge in [-0.05, 0) is 43.5 Å². The van der Waals surface area contributed by atoms with Crippen molar-refractivity contribution >= 4 is 27.9 Å². The normalized spacial score (nSPS) is 15.0. The third-order valence-corrected chi connectivity index (χ3v) is 4.62. The first-order valence-corrected chi connectivity index (χ1v) is 8.81. The monoisotopic (exact) mass is 392 g/mol. The molecule has 1 aliphatic rings. The van der Waals surface area contributed by atoms with Crippen molar-refractivity contribution in [2.45, 2.75) is 38.6 Å². The highest BCUT2D eigenvalue weighted by atomic mass is 79.9. The molecule has 0 unspecified atom stereocenters. The van der Waals surface area contributed by atoms with Crippen LogP contribution in [0.5, 0.6) is 11.5 Å². The predicted molar refractivity (Wildman–Crippen MR) is 95.9 cm³/mol. The van der Waals surface area contributed by atoms with Gasteiger partial charge in [-0.25, -0.2) is 0 Å². The number of hydrogen-bond donors (Lipinski definition) is 1. The minimum absolute atomic E-state index is 0.0789. The van der Waals surface area contributed by atoms with E-state index in [-0.39, 0.29) is 17.5 Å². The Bertz CT molecular complexity index is 674. The molecule has 0 saturated heterocycles. The van der Waals surface area contributed by atoms with Gasteiger partial charge < -0.3 is 14.8 Å². The number of hydrogen-bond acceptors (Lipinski definition) is 4. The summed E-state index contributed by atoms with van der Waals surface area (Å²) in [6, 6.07) is 5.68. The van der Waals surface area contributed by atoms with Gasteiger partial charge in [0.2, 0.25) is 0 Å². The third-order valence-electron chi connectivity index (χ3n) is 3.94. The summed E-state index contributed by atoms with van der Waals surface area (Å²) >= 11 is 3.45. The molecule has 0 heterocycles. The summed E-state index contributed by atoms with van der Waals surface area (Å²) in [6.07, 6.45) is 5.77.